The van der Waals surface area contributed by atoms with Crippen molar-refractivity contribution < 1.29 is 9.53 Å². The van der Waals surface area contributed by atoms with E-state index in [0.29, 0.717) is 17.1 Å². The SMILES string of the molecule is Cc1cc(NC(=O)[C@H](C)Oc2ccc(C#N)cc2)n(C)n1. The van der Waals surface area contributed by atoms with Crippen LogP contribution in [0, 0.1) is 18.3 Å². The summed E-state index contributed by atoms with van der Waals surface area (Å²) in [6.07, 6.45) is -0.659. The van der Waals surface area contributed by atoms with Gasteiger partial charge in [0.1, 0.15) is 11.6 Å². The zero-order valence-corrected chi connectivity index (χ0v) is 12.1. The molecule has 0 aliphatic heterocycles. The zero-order chi connectivity index (χ0) is 15.4. The molecule has 0 saturated heterocycles. The quantitative estimate of drug-likeness (QED) is 0.931. The summed E-state index contributed by atoms with van der Waals surface area (Å²) in [5.41, 5.74) is 1.37. The van der Waals surface area contributed by atoms with Gasteiger partial charge in [0, 0.05) is 13.1 Å². The van der Waals surface area contributed by atoms with E-state index < -0.39 is 6.10 Å². The third-order valence-corrected chi connectivity index (χ3v) is 2.92. The molecule has 108 valence electrons. The molecule has 1 N–H and O–H groups in total. The molecule has 1 heterocycles. The summed E-state index contributed by atoms with van der Waals surface area (Å²) in [5.74, 6) is 0.896. The normalized spacial score (nSPS) is 11.5. The van der Waals surface area contributed by atoms with Crippen molar-refractivity contribution in [1.29, 1.82) is 5.26 Å². The van der Waals surface area contributed by atoms with Crippen molar-refractivity contribution in [2.75, 3.05) is 5.32 Å². The van der Waals surface area contributed by atoms with Crippen LogP contribution >= 0.6 is 0 Å². The number of carbonyl (C=O) groups is 1. The number of aromatic nitrogens is 2. The van der Waals surface area contributed by atoms with Gasteiger partial charge in [-0.05, 0) is 38.1 Å². The zero-order valence-electron chi connectivity index (χ0n) is 12.1. The monoisotopic (exact) mass is 284 g/mol. The lowest BCUT2D eigenvalue weighted by Gasteiger charge is -2.14. The minimum Gasteiger partial charge on any atom is -0.481 e. The maximum Gasteiger partial charge on any atom is 0.266 e. The van der Waals surface area contributed by atoms with Crippen molar-refractivity contribution in [3.63, 3.8) is 0 Å². The summed E-state index contributed by atoms with van der Waals surface area (Å²) in [7, 11) is 1.76. The highest BCUT2D eigenvalue weighted by Gasteiger charge is 2.16. The van der Waals surface area contributed by atoms with Crippen LogP contribution in [0.2, 0.25) is 0 Å². The van der Waals surface area contributed by atoms with E-state index >= 15 is 0 Å². The van der Waals surface area contributed by atoms with Gasteiger partial charge in [0.25, 0.3) is 5.91 Å². The third-order valence-electron chi connectivity index (χ3n) is 2.92. The van der Waals surface area contributed by atoms with Crippen molar-refractivity contribution in [2.24, 2.45) is 7.05 Å². The van der Waals surface area contributed by atoms with E-state index in [4.69, 9.17) is 10.00 Å². The van der Waals surface area contributed by atoms with Crippen molar-refractivity contribution in [2.45, 2.75) is 20.0 Å². The molecule has 21 heavy (non-hydrogen) atoms. The summed E-state index contributed by atoms with van der Waals surface area (Å²) >= 11 is 0. The first-order chi connectivity index (χ1) is 9.99. The summed E-state index contributed by atoms with van der Waals surface area (Å²) in [6.45, 7) is 3.52. The fourth-order valence-electron chi connectivity index (χ4n) is 1.82. The second-order valence-electron chi connectivity index (χ2n) is 4.68. The predicted molar refractivity (Wildman–Crippen MR) is 77.8 cm³/mol. The van der Waals surface area contributed by atoms with Crippen molar-refractivity contribution in [1.82, 2.24) is 9.78 Å². The number of anilines is 1. The Labute approximate surface area is 123 Å². The molecule has 6 heteroatoms. The fraction of sp³-hybridized carbons (Fsp3) is 0.267. The van der Waals surface area contributed by atoms with Crippen LogP contribution in [0.4, 0.5) is 5.82 Å². The van der Waals surface area contributed by atoms with E-state index in [2.05, 4.69) is 10.4 Å². The number of hydrogen-bond acceptors (Lipinski definition) is 4. The van der Waals surface area contributed by atoms with Crippen LogP contribution in [0.25, 0.3) is 0 Å². The average Bonchev–Trinajstić information content (AvgIpc) is 2.77. The second kappa shape index (κ2) is 6.09. The molecule has 0 aliphatic rings. The summed E-state index contributed by atoms with van der Waals surface area (Å²) < 4.78 is 7.14. The molecule has 0 fully saturated rings. The molecule has 0 saturated carbocycles. The number of nitrogens with one attached hydrogen (secondary N) is 1. The number of amides is 1. The number of benzene rings is 1. The molecule has 0 aliphatic carbocycles. The first kappa shape index (κ1) is 14.6. The molecule has 0 spiro atoms. The Bertz CT molecular complexity index is 683. The summed E-state index contributed by atoms with van der Waals surface area (Å²) in [6, 6.07) is 10.4. The van der Waals surface area contributed by atoms with Gasteiger partial charge in [0.2, 0.25) is 0 Å². The largest absolute Gasteiger partial charge is 0.481 e. The van der Waals surface area contributed by atoms with Gasteiger partial charge in [-0.25, -0.2) is 0 Å². The molecule has 0 unspecified atom stereocenters. The van der Waals surface area contributed by atoms with Gasteiger partial charge in [0.15, 0.2) is 6.10 Å². The van der Waals surface area contributed by atoms with Crippen molar-refractivity contribution >= 4 is 11.7 Å². The number of carbonyl (C=O) groups excluding carboxylic acids is 1. The minimum atomic E-state index is -0.659. The maximum atomic E-state index is 12.1. The number of nitrogens with zero attached hydrogens (tertiary/aromatic N) is 3. The molecular formula is C15H16N4O2. The Morgan fingerprint density at radius 3 is 2.62 bits per heavy atom. The number of nitriles is 1. The lowest BCUT2D eigenvalue weighted by Crippen LogP contribution is -2.30. The lowest BCUT2D eigenvalue weighted by atomic mass is 10.2. The predicted octanol–water partition coefficient (Wildman–Crippen LogP) is 2.01. The molecule has 0 radical (unpaired) electrons. The highest BCUT2D eigenvalue weighted by atomic mass is 16.5. The van der Waals surface area contributed by atoms with E-state index in [1.807, 2.05) is 13.0 Å². The van der Waals surface area contributed by atoms with Crippen molar-refractivity contribution in [3.8, 4) is 11.8 Å². The molecular weight excluding hydrogens is 268 g/mol. The Morgan fingerprint density at radius 2 is 2.10 bits per heavy atom. The molecule has 1 amide bonds. The first-order valence-corrected chi connectivity index (χ1v) is 6.48. The van der Waals surface area contributed by atoms with Gasteiger partial charge < -0.3 is 10.1 Å². The van der Waals surface area contributed by atoms with Gasteiger partial charge in [-0.1, -0.05) is 0 Å². The average molecular weight is 284 g/mol. The number of aryl methyl sites for hydroxylation is 2. The Morgan fingerprint density at radius 1 is 1.43 bits per heavy atom. The molecule has 1 aromatic heterocycles. The second-order valence-corrected chi connectivity index (χ2v) is 4.68. The summed E-state index contributed by atoms with van der Waals surface area (Å²) in [5, 5.41) is 15.6. The van der Waals surface area contributed by atoms with Gasteiger partial charge in [-0.15, -0.1) is 0 Å². The Kier molecular flexibility index (Phi) is 4.24. The fourth-order valence-corrected chi connectivity index (χ4v) is 1.82. The molecule has 0 bridgehead atoms. The molecule has 2 rings (SSSR count). The van der Waals surface area contributed by atoms with Crippen LogP contribution in [0.5, 0.6) is 5.75 Å². The van der Waals surface area contributed by atoms with E-state index in [-0.39, 0.29) is 5.91 Å². The minimum absolute atomic E-state index is 0.262. The number of rotatable bonds is 4. The summed E-state index contributed by atoms with van der Waals surface area (Å²) in [4.78, 5) is 12.1. The highest BCUT2D eigenvalue weighted by molar-refractivity contribution is 5.93. The number of hydrogen-bond donors (Lipinski definition) is 1. The standard InChI is InChI=1S/C15H16N4O2/c1-10-8-14(19(3)18-10)17-15(20)11(2)21-13-6-4-12(9-16)5-7-13/h4-8,11H,1-3H3,(H,17,20)/t11-/m0/s1. The number of ether oxygens (including phenoxy) is 1. The van der Waals surface area contributed by atoms with Crippen LogP contribution in [0.3, 0.4) is 0 Å². The van der Waals surface area contributed by atoms with Crippen LogP contribution < -0.4 is 10.1 Å². The van der Waals surface area contributed by atoms with E-state index in [9.17, 15) is 4.79 Å². The van der Waals surface area contributed by atoms with Crippen LogP contribution in [-0.4, -0.2) is 21.8 Å². The van der Waals surface area contributed by atoms with Crippen LogP contribution in [0.15, 0.2) is 30.3 Å². The van der Waals surface area contributed by atoms with E-state index in [0.717, 1.165) is 5.69 Å². The van der Waals surface area contributed by atoms with E-state index in [1.165, 1.54) is 0 Å². The van der Waals surface area contributed by atoms with Crippen LogP contribution in [0.1, 0.15) is 18.2 Å². The smallest absolute Gasteiger partial charge is 0.266 e. The molecule has 1 atom stereocenters. The lowest BCUT2D eigenvalue weighted by molar-refractivity contribution is -0.122. The molecule has 2 aromatic rings. The van der Waals surface area contributed by atoms with Gasteiger partial charge in [-0.3, -0.25) is 9.48 Å². The maximum absolute atomic E-state index is 12.1. The first-order valence-electron chi connectivity index (χ1n) is 6.48. The molecule has 1 aromatic carbocycles. The van der Waals surface area contributed by atoms with Gasteiger partial charge in [0.05, 0.1) is 17.3 Å². The van der Waals surface area contributed by atoms with E-state index in [1.54, 1.807) is 49.0 Å². The van der Waals surface area contributed by atoms with Crippen molar-refractivity contribution in [3.05, 3.63) is 41.6 Å². The topological polar surface area (TPSA) is 79.9 Å². The van der Waals surface area contributed by atoms with Crippen LogP contribution in [-0.2, 0) is 11.8 Å². The third kappa shape index (κ3) is 3.60. The van der Waals surface area contributed by atoms with Gasteiger partial charge >= 0.3 is 0 Å². The molecule has 6 nitrogen and oxygen atoms in total. The Balaban J connectivity index is 1.99. The Hall–Kier alpha value is -2.81. The van der Waals surface area contributed by atoms with Gasteiger partial charge in [-0.2, -0.15) is 10.4 Å². The highest BCUT2D eigenvalue weighted by Crippen LogP contribution is 2.15.